The standard InChI is InChI=1S/C20H24F3N5O/c1-24-17-10-16(14-5-7-15(8-6-14)29-20(21,22)23)28-19(18(17)25-2)27-12-13-4-3-9-26-11-13/h5-8,10,13,26H,3-4,9,11-12H2,1-2H3,(H,27,28)/b24-17-,25-18+. The highest BCUT2D eigenvalue weighted by Crippen LogP contribution is 2.26. The first-order valence-corrected chi connectivity index (χ1v) is 9.45. The van der Waals surface area contributed by atoms with Crippen LogP contribution in [-0.4, -0.2) is 57.4 Å². The topological polar surface area (TPSA) is 70.4 Å². The number of benzene rings is 1. The van der Waals surface area contributed by atoms with Gasteiger partial charge in [0.05, 0.1) is 11.4 Å². The van der Waals surface area contributed by atoms with Crippen molar-refractivity contribution in [2.75, 3.05) is 33.7 Å². The van der Waals surface area contributed by atoms with E-state index in [4.69, 9.17) is 0 Å². The van der Waals surface area contributed by atoms with E-state index in [0.29, 0.717) is 34.4 Å². The lowest BCUT2D eigenvalue weighted by Gasteiger charge is -2.25. The molecule has 1 aromatic carbocycles. The van der Waals surface area contributed by atoms with E-state index in [2.05, 4.69) is 30.3 Å². The Kier molecular flexibility index (Phi) is 6.68. The van der Waals surface area contributed by atoms with E-state index in [1.165, 1.54) is 12.1 Å². The molecule has 6 nitrogen and oxygen atoms in total. The van der Waals surface area contributed by atoms with Crippen LogP contribution >= 0.6 is 0 Å². The van der Waals surface area contributed by atoms with Crippen LogP contribution in [0.15, 0.2) is 45.3 Å². The molecule has 3 rings (SSSR count). The zero-order valence-corrected chi connectivity index (χ0v) is 16.4. The van der Waals surface area contributed by atoms with Gasteiger partial charge in [-0.15, -0.1) is 13.2 Å². The molecular formula is C20H24F3N5O. The Hall–Kier alpha value is -2.68. The third-order valence-corrected chi connectivity index (χ3v) is 4.78. The molecule has 1 atom stereocenters. The van der Waals surface area contributed by atoms with Crippen LogP contribution in [0, 0.1) is 5.92 Å². The molecule has 1 fully saturated rings. The number of alkyl halides is 3. The normalized spacial score (nSPS) is 23.0. The van der Waals surface area contributed by atoms with Crippen LogP contribution in [0.3, 0.4) is 0 Å². The molecule has 1 aromatic rings. The van der Waals surface area contributed by atoms with Crippen molar-refractivity contribution in [3.8, 4) is 5.75 Å². The highest BCUT2D eigenvalue weighted by Gasteiger charge is 2.31. The van der Waals surface area contributed by atoms with Crippen molar-refractivity contribution in [1.82, 2.24) is 10.6 Å². The van der Waals surface area contributed by atoms with Crippen molar-refractivity contribution >= 4 is 23.0 Å². The Morgan fingerprint density at radius 1 is 1.21 bits per heavy atom. The van der Waals surface area contributed by atoms with Gasteiger partial charge in [-0.25, -0.2) is 4.99 Å². The third-order valence-electron chi connectivity index (χ3n) is 4.78. The summed E-state index contributed by atoms with van der Waals surface area (Å²) >= 11 is 0. The third kappa shape index (κ3) is 5.66. The van der Waals surface area contributed by atoms with E-state index in [9.17, 15) is 13.2 Å². The molecule has 156 valence electrons. The van der Waals surface area contributed by atoms with E-state index < -0.39 is 6.36 Å². The largest absolute Gasteiger partial charge is 0.573 e. The number of nitrogens with one attached hydrogen (secondary N) is 2. The summed E-state index contributed by atoms with van der Waals surface area (Å²) in [6, 6.07) is 5.62. The Balaban J connectivity index is 1.81. The number of ether oxygens (including phenoxy) is 1. The van der Waals surface area contributed by atoms with Crippen molar-refractivity contribution in [1.29, 1.82) is 0 Å². The lowest BCUT2D eigenvalue weighted by molar-refractivity contribution is -0.274. The maximum atomic E-state index is 12.4. The lowest BCUT2D eigenvalue weighted by Crippen LogP contribution is -2.43. The molecule has 2 aliphatic rings. The van der Waals surface area contributed by atoms with Crippen molar-refractivity contribution in [3.63, 3.8) is 0 Å². The fraction of sp³-hybridized carbons (Fsp3) is 0.450. The molecular weight excluding hydrogens is 383 g/mol. The molecule has 9 heteroatoms. The lowest BCUT2D eigenvalue weighted by atomic mass is 9.99. The van der Waals surface area contributed by atoms with Crippen molar-refractivity contribution in [2.24, 2.45) is 20.9 Å². The number of aliphatic imine (C=N–C) groups is 3. The van der Waals surface area contributed by atoms with Gasteiger partial charge >= 0.3 is 6.36 Å². The van der Waals surface area contributed by atoms with E-state index in [1.807, 2.05) is 0 Å². The molecule has 0 bridgehead atoms. The molecule has 0 saturated carbocycles. The SMILES string of the molecule is C/N=C1/C=C(c2ccc(OC(F)(F)F)cc2)N=C(NCC2CCCNC2)/C1=N/C. The Labute approximate surface area is 167 Å². The Morgan fingerprint density at radius 2 is 1.97 bits per heavy atom. The molecule has 29 heavy (non-hydrogen) atoms. The Morgan fingerprint density at radius 3 is 2.55 bits per heavy atom. The van der Waals surface area contributed by atoms with Crippen molar-refractivity contribution in [2.45, 2.75) is 19.2 Å². The monoisotopic (exact) mass is 407 g/mol. The molecule has 2 aliphatic heterocycles. The molecule has 0 spiro atoms. The molecule has 2 N–H and O–H groups in total. The first-order valence-electron chi connectivity index (χ1n) is 9.45. The van der Waals surface area contributed by atoms with E-state index in [-0.39, 0.29) is 5.75 Å². The minimum absolute atomic E-state index is 0.273. The van der Waals surface area contributed by atoms with Crippen molar-refractivity contribution < 1.29 is 17.9 Å². The summed E-state index contributed by atoms with van der Waals surface area (Å²) in [5, 5.41) is 6.77. The number of piperidine rings is 1. The van der Waals surface area contributed by atoms with Crippen LogP contribution in [0.25, 0.3) is 5.70 Å². The zero-order chi connectivity index (χ0) is 20.9. The zero-order valence-electron chi connectivity index (χ0n) is 16.4. The predicted octanol–water partition coefficient (Wildman–Crippen LogP) is 3.07. The summed E-state index contributed by atoms with van der Waals surface area (Å²) in [5.74, 6) is 0.844. The maximum absolute atomic E-state index is 12.4. The first-order chi connectivity index (χ1) is 13.9. The van der Waals surface area contributed by atoms with E-state index in [1.54, 1.807) is 32.3 Å². The van der Waals surface area contributed by atoms with Crippen LogP contribution in [-0.2, 0) is 0 Å². The Bertz CT molecular complexity index is 835. The van der Waals surface area contributed by atoms with Gasteiger partial charge in [0.1, 0.15) is 11.5 Å². The minimum Gasteiger partial charge on any atom is -0.406 e. The summed E-state index contributed by atoms with van der Waals surface area (Å²) < 4.78 is 41.0. The number of hydrogen-bond donors (Lipinski definition) is 2. The van der Waals surface area contributed by atoms with Crippen LogP contribution in [0.2, 0.25) is 0 Å². The fourth-order valence-electron chi connectivity index (χ4n) is 3.35. The quantitative estimate of drug-likeness (QED) is 0.806. The van der Waals surface area contributed by atoms with E-state index >= 15 is 0 Å². The summed E-state index contributed by atoms with van der Waals surface area (Å²) in [6.07, 6.45) is -0.657. The number of rotatable bonds is 4. The number of hydrogen-bond acceptors (Lipinski definition) is 6. The number of allylic oxidation sites excluding steroid dienone is 1. The first kappa shape index (κ1) is 21.0. The molecule has 1 unspecified atom stereocenters. The van der Waals surface area contributed by atoms with Gasteiger partial charge in [-0.1, -0.05) is 0 Å². The molecule has 0 aliphatic carbocycles. The van der Waals surface area contributed by atoms with Gasteiger partial charge in [0.25, 0.3) is 0 Å². The van der Waals surface area contributed by atoms with Gasteiger partial charge in [0.2, 0.25) is 0 Å². The van der Waals surface area contributed by atoms with Crippen LogP contribution in [0.1, 0.15) is 18.4 Å². The second-order valence-electron chi connectivity index (χ2n) is 6.84. The number of halogens is 3. The van der Waals surface area contributed by atoms with Gasteiger partial charge in [-0.2, -0.15) is 0 Å². The number of nitrogens with zero attached hydrogens (tertiary/aromatic N) is 3. The van der Waals surface area contributed by atoms with Gasteiger partial charge in [-0.3, -0.25) is 9.98 Å². The predicted molar refractivity (Wildman–Crippen MR) is 109 cm³/mol. The molecule has 0 radical (unpaired) electrons. The molecule has 1 saturated heterocycles. The second kappa shape index (κ2) is 9.21. The van der Waals surface area contributed by atoms with Gasteiger partial charge < -0.3 is 15.4 Å². The minimum atomic E-state index is -4.72. The van der Waals surface area contributed by atoms with Crippen LogP contribution in [0.5, 0.6) is 5.75 Å². The van der Waals surface area contributed by atoms with Gasteiger partial charge in [0, 0.05) is 26.2 Å². The summed E-state index contributed by atoms with van der Waals surface area (Å²) in [7, 11) is 3.35. The summed E-state index contributed by atoms with van der Waals surface area (Å²) in [4.78, 5) is 13.3. The average molecular weight is 407 g/mol. The molecule has 0 amide bonds. The fourth-order valence-corrected chi connectivity index (χ4v) is 3.35. The highest BCUT2D eigenvalue weighted by atomic mass is 19.4. The van der Waals surface area contributed by atoms with Crippen LogP contribution in [0.4, 0.5) is 13.2 Å². The summed E-state index contributed by atoms with van der Waals surface area (Å²) in [6.45, 7) is 2.76. The molecule has 2 heterocycles. The maximum Gasteiger partial charge on any atom is 0.573 e. The van der Waals surface area contributed by atoms with Gasteiger partial charge in [-0.05, 0) is 62.2 Å². The number of amidine groups is 1. The molecule has 0 aromatic heterocycles. The van der Waals surface area contributed by atoms with Crippen LogP contribution < -0.4 is 15.4 Å². The highest BCUT2D eigenvalue weighted by molar-refractivity contribution is 6.72. The van der Waals surface area contributed by atoms with Gasteiger partial charge in [0.15, 0.2) is 5.84 Å². The van der Waals surface area contributed by atoms with Crippen molar-refractivity contribution in [3.05, 3.63) is 35.9 Å². The van der Waals surface area contributed by atoms with E-state index in [0.717, 1.165) is 32.5 Å². The average Bonchev–Trinajstić information content (AvgIpc) is 2.71. The second-order valence-corrected chi connectivity index (χ2v) is 6.84. The smallest absolute Gasteiger partial charge is 0.406 e. The summed E-state index contributed by atoms with van der Waals surface area (Å²) in [5.41, 5.74) is 2.59.